The molecule has 0 bridgehead atoms. The molecule has 1 saturated heterocycles. The van der Waals surface area contributed by atoms with Gasteiger partial charge in [0.25, 0.3) is 17.5 Å². The van der Waals surface area contributed by atoms with Crippen LogP contribution in [0.25, 0.3) is 16.8 Å². The molecule has 2 amide bonds. The van der Waals surface area contributed by atoms with E-state index >= 15 is 0 Å². The zero-order chi connectivity index (χ0) is 21.3. The molecule has 0 atom stereocenters. The molecular formula is C21H13N3O4S2. The fourth-order valence-corrected chi connectivity index (χ4v) is 4.15. The number of hydrogen-bond acceptors (Lipinski definition) is 6. The van der Waals surface area contributed by atoms with Crippen molar-refractivity contribution in [1.29, 1.82) is 0 Å². The van der Waals surface area contributed by atoms with Crippen molar-refractivity contribution in [3.8, 4) is 0 Å². The predicted molar refractivity (Wildman–Crippen MR) is 120 cm³/mol. The van der Waals surface area contributed by atoms with Gasteiger partial charge in [-0.05, 0) is 46.8 Å². The zero-order valence-electron chi connectivity index (χ0n) is 15.3. The lowest BCUT2D eigenvalue weighted by Gasteiger charge is -2.15. The first-order valence-electron chi connectivity index (χ1n) is 8.75. The zero-order valence-corrected chi connectivity index (χ0v) is 16.9. The summed E-state index contributed by atoms with van der Waals surface area (Å²) in [6.45, 7) is 0. The van der Waals surface area contributed by atoms with E-state index in [-0.39, 0.29) is 15.6 Å². The van der Waals surface area contributed by atoms with E-state index in [0.717, 1.165) is 33.1 Å². The van der Waals surface area contributed by atoms with Gasteiger partial charge in [-0.2, -0.15) is 5.01 Å². The van der Waals surface area contributed by atoms with Crippen LogP contribution in [0.1, 0.15) is 15.9 Å². The maximum Gasteiger partial charge on any atom is 0.285 e. The molecular weight excluding hydrogens is 422 g/mol. The molecule has 0 radical (unpaired) electrons. The minimum Gasteiger partial charge on any atom is -0.267 e. The van der Waals surface area contributed by atoms with Crippen LogP contribution in [0.5, 0.6) is 0 Å². The summed E-state index contributed by atoms with van der Waals surface area (Å²) in [6, 6.07) is 18.7. The second-order valence-electron chi connectivity index (χ2n) is 6.33. The number of nitro benzene ring substituents is 1. The molecule has 0 spiro atoms. The van der Waals surface area contributed by atoms with E-state index in [1.165, 1.54) is 24.3 Å². The van der Waals surface area contributed by atoms with Crippen molar-refractivity contribution in [1.82, 2.24) is 10.4 Å². The van der Waals surface area contributed by atoms with E-state index in [1.807, 2.05) is 42.5 Å². The highest BCUT2D eigenvalue weighted by atomic mass is 32.2. The van der Waals surface area contributed by atoms with Crippen molar-refractivity contribution < 1.29 is 14.5 Å². The van der Waals surface area contributed by atoms with Crippen LogP contribution in [0.15, 0.2) is 71.6 Å². The van der Waals surface area contributed by atoms with E-state index < -0.39 is 16.7 Å². The molecule has 1 aliphatic rings. The number of nitro groups is 1. The van der Waals surface area contributed by atoms with Gasteiger partial charge >= 0.3 is 0 Å². The second-order valence-corrected chi connectivity index (χ2v) is 8.01. The van der Waals surface area contributed by atoms with Crippen LogP contribution in [0.4, 0.5) is 5.69 Å². The quantitative estimate of drug-likeness (QED) is 0.284. The van der Waals surface area contributed by atoms with Crippen LogP contribution in [-0.4, -0.2) is 26.1 Å². The number of carbonyl (C=O) groups excluding carboxylic acids is 2. The summed E-state index contributed by atoms with van der Waals surface area (Å²) in [5.41, 5.74) is 3.38. The Morgan fingerprint density at radius 2 is 1.77 bits per heavy atom. The lowest BCUT2D eigenvalue weighted by molar-refractivity contribution is -0.384. The number of thioether (sulfide) groups is 1. The number of hydrogen-bond donors (Lipinski definition) is 1. The van der Waals surface area contributed by atoms with Crippen LogP contribution in [-0.2, 0) is 4.79 Å². The van der Waals surface area contributed by atoms with Gasteiger partial charge in [0.15, 0.2) is 4.32 Å². The highest BCUT2D eigenvalue weighted by Gasteiger charge is 2.34. The minimum atomic E-state index is -0.590. The molecule has 0 aromatic heterocycles. The smallest absolute Gasteiger partial charge is 0.267 e. The van der Waals surface area contributed by atoms with Gasteiger partial charge in [-0.1, -0.05) is 54.2 Å². The third kappa shape index (κ3) is 3.80. The third-order valence-corrected chi connectivity index (χ3v) is 5.76. The summed E-state index contributed by atoms with van der Waals surface area (Å²) in [6.07, 6.45) is 1.75. The van der Waals surface area contributed by atoms with Gasteiger partial charge in [0.1, 0.15) is 0 Å². The summed E-state index contributed by atoms with van der Waals surface area (Å²) < 4.78 is 0.196. The number of nitrogens with one attached hydrogen (secondary N) is 1. The first kappa shape index (κ1) is 19.7. The van der Waals surface area contributed by atoms with Gasteiger partial charge < -0.3 is 0 Å². The van der Waals surface area contributed by atoms with Gasteiger partial charge in [-0.3, -0.25) is 25.1 Å². The van der Waals surface area contributed by atoms with Crippen molar-refractivity contribution in [2.24, 2.45) is 0 Å². The molecule has 148 valence electrons. The van der Waals surface area contributed by atoms with E-state index in [9.17, 15) is 19.7 Å². The molecule has 30 heavy (non-hydrogen) atoms. The number of rotatable bonds is 4. The van der Waals surface area contributed by atoms with E-state index in [1.54, 1.807) is 6.08 Å². The predicted octanol–water partition coefficient (Wildman–Crippen LogP) is 4.29. The first-order valence-corrected chi connectivity index (χ1v) is 9.98. The molecule has 7 nitrogen and oxygen atoms in total. The molecule has 3 aromatic carbocycles. The Bertz CT molecular complexity index is 1230. The molecule has 4 rings (SSSR count). The van der Waals surface area contributed by atoms with Crippen molar-refractivity contribution in [3.05, 3.63) is 92.9 Å². The van der Waals surface area contributed by atoms with Crippen LogP contribution < -0.4 is 5.43 Å². The summed E-state index contributed by atoms with van der Waals surface area (Å²) in [4.78, 5) is 35.8. The van der Waals surface area contributed by atoms with Crippen LogP contribution in [0.3, 0.4) is 0 Å². The topological polar surface area (TPSA) is 92.6 Å². The van der Waals surface area contributed by atoms with Crippen LogP contribution >= 0.6 is 24.0 Å². The molecule has 1 fully saturated rings. The molecule has 0 unspecified atom stereocenters. The van der Waals surface area contributed by atoms with E-state index in [2.05, 4.69) is 5.43 Å². The van der Waals surface area contributed by atoms with Crippen molar-refractivity contribution >= 4 is 62.7 Å². The Kier molecular flexibility index (Phi) is 5.30. The summed E-state index contributed by atoms with van der Waals surface area (Å²) in [5, 5.41) is 13.8. The van der Waals surface area contributed by atoms with Gasteiger partial charge in [0, 0.05) is 17.7 Å². The molecule has 1 N–H and O–H groups in total. The highest BCUT2D eigenvalue weighted by molar-refractivity contribution is 8.26. The first-order chi connectivity index (χ1) is 14.4. The molecule has 0 aliphatic carbocycles. The van der Waals surface area contributed by atoms with Crippen molar-refractivity contribution in [2.75, 3.05) is 0 Å². The number of carbonyl (C=O) groups is 2. The standard InChI is InChI=1S/C21H13N3O4S2/c25-19(14-8-10-16(11-9-14)24(27)28)22-23-20(26)18(30-21(23)29)12-15-6-3-5-13-4-1-2-7-17(13)15/h1-12H,(H,22,25). The second kappa shape index (κ2) is 8.05. The Labute approximate surface area is 180 Å². The third-order valence-electron chi connectivity index (χ3n) is 4.46. The largest absolute Gasteiger partial charge is 0.285 e. The maximum absolute atomic E-state index is 12.8. The number of hydrazine groups is 1. The molecule has 1 aliphatic heterocycles. The Morgan fingerprint density at radius 1 is 1.07 bits per heavy atom. The summed E-state index contributed by atoms with van der Waals surface area (Å²) in [7, 11) is 0. The van der Waals surface area contributed by atoms with Crippen molar-refractivity contribution in [2.45, 2.75) is 0 Å². The Morgan fingerprint density at radius 3 is 2.50 bits per heavy atom. The summed E-state index contributed by atoms with van der Waals surface area (Å²) in [5.74, 6) is -1.03. The van der Waals surface area contributed by atoms with Gasteiger partial charge in [-0.25, -0.2) is 0 Å². The number of fused-ring (bicyclic) bond motifs is 1. The fraction of sp³-hybridized carbons (Fsp3) is 0. The van der Waals surface area contributed by atoms with Gasteiger partial charge in [0.05, 0.1) is 9.83 Å². The number of nitrogens with zero attached hydrogens (tertiary/aromatic N) is 2. The fourth-order valence-electron chi connectivity index (χ4n) is 2.98. The number of non-ortho nitro benzene ring substituents is 1. The van der Waals surface area contributed by atoms with Crippen LogP contribution in [0, 0.1) is 10.1 Å². The lowest BCUT2D eigenvalue weighted by Crippen LogP contribution is -2.44. The maximum atomic E-state index is 12.8. The number of thiocarbonyl (C=S) groups is 1. The summed E-state index contributed by atoms with van der Waals surface area (Å²) >= 11 is 6.35. The van der Waals surface area contributed by atoms with E-state index in [4.69, 9.17) is 12.2 Å². The van der Waals surface area contributed by atoms with Gasteiger partial charge in [0.2, 0.25) is 0 Å². The number of benzene rings is 3. The minimum absolute atomic E-state index is 0.129. The van der Waals surface area contributed by atoms with Crippen molar-refractivity contribution in [3.63, 3.8) is 0 Å². The van der Waals surface area contributed by atoms with Gasteiger partial charge in [-0.15, -0.1) is 0 Å². The average Bonchev–Trinajstić information content (AvgIpc) is 3.01. The van der Waals surface area contributed by atoms with E-state index in [0.29, 0.717) is 4.91 Å². The highest BCUT2D eigenvalue weighted by Crippen LogP contribution is 2.33. The molecule has 0 saturated carbocycles. The molecule has 1 heterocycles. The van der Waals surface area contributed by atoms with Crippen LogP contribution in [0.2, 0.25) is 0 Å². The molecule has 9 heteroatoms. The SMILES string of the molecule is O=C(NN1C(=O)C(=Cc2cccc3ccccc23)SC1=S)c1ccc([N+](=O)[O-])cc1. The normalized spacial score (nSPS) is 15.1. The lowest BCUT2D eigenvalue weighted by atomic mass is 10.0. The average molecular weight is 435 g/mol. The monoisotopic (exact) mass is 435 g/mol. The molecule has 3 aromatic rings. The Balaban J connectivity index is 1.56. The number of amides is 2. The Hall–Kier alpha value is -3.56.